The molecule has 0 amide bonds. The Kier molecular flexibility index (Phi) is 5.01. The normalized spacial score (nSPS) is 12.9. The van der Waals surface area contributed by atoms with Gasteiger partial charge in [-0.1, -0.05) is 18.5 Å². The van der Waals surface area contributed by atoms with Crippen molar-refractivity contribution in [2.24, 2.45) is 0 Å². The topological polar surface area (TPSA) is 42.7 Å². The summed E-state index contributed by atoms with van der Waals surface area (Å²) in [5.74, 6) is 0. The monoisotopic (exact) mass is 306 g/mol. The first-order valence-corrected chi connectivity index (χ1v) is 7.73. The number of halogens is 1. The van der Waals surface area contributed by atoms with Gasteiger partial charge < -0.3 is 5.32 Å². The molecule has 1 unspecified atom stereocenters. The van der Waals surface area contributed by atoms with Gasteiger partial charge in [-0.05, 0) is 51.9 Å². The summed E-state index contributed by atoms with van der Waals surface area (Å²) in [4.78, 5) is 4.45. The summed E-state index contributed by atoms with van der Waals surface area (Å²) in [5, 5.41) is 8.63. The summed E-state index contributed by atoms with van der Waals surface area (Å²) in [6.45, 7) is 11.2. The number of hydrogen-bond donors (Lipinski definition) is 1. The zero-order valence-corrected chi connectivity index (χ0v) is 14.1. The average Bonchev–Trinajstić information content (AvgIpc) is 2.76. The fraction of sp³-hybridized carbons (Fsp3) is 0.500. The highest BCUT2D eigenvalue weighted by Crippen LogP contribution is 2.30. The maximum Gasteiger partial charge on any atom is 0.0837 e. The van der Waals surface area contributed by atoms with E-state index in [1.165, 1.54) is 5.56 Å². The summed E-state index contributed by atoms with van der Waals surface area (Å²) in [5.41, 5.74) is 4.21. The second-order valence-corrected chi connectivity index (χ2v) is 6.00. The number of nitrogens with zero attached hydrogens (tertiary/aromatic N) is 3. The Hall–Kier alpha value is -1.39. The van der Waals surface area contributed by atoms with Crippen LogP contribution in [0.1, 0.15) is 55.5 Å². The second kappa shape index (κ2) is 6.58. The molecule has 0 bridgehead atoms. The van der Waals surface area contributed by atoms with Gasteiger partial charge in [0.15, 0.2) is 0 Å². The van der Waals surface area contributed by atoms with E-state index >= 15 is 0 Å². The lowest BCUT2D eigenvalue weighted by Crippen LogP contribution is -2.26. The van der Waals surface area contributed by atoms with Gasteiger partial charge >= 0.3 is 0 Å². The van der Waals surface area contributed by atoms with E-state index < -0.39 is 0 Å². The molecule has 0 radical (unpaired) electrons. The van der Waals surface area contributed by atoms with Crippen LogP contribution in [0.3, 0.4) is 0 Å². The summed E-state index contributed by atoms with van der Waals surface area (Å²) in [7, 11) is 0. The molecule has 2 rings (SSSR count). The van der Waals surface area contributed by atoms with E-state index in [1.54, 1.807) is 6.20 Å². The smallest absolute Gasteiger partial charge is 0.0837 e. The molecule has 2 heterocycles. The van der Waals surface area contributed by atoms with Crippen LogP contribution < -0.4 is 5.32 Å². The van der Waals surface area contributed by atoms with Crippen molar-refractivity contribution >= 4 is 11.6 Å². The molecule has 0 saturated carbocycles. The molecule has 0 aromatic carbocycles. The Balaban J connectivity index is 2.56. The molecule has 4 nitrogen and oxygen atoms in total. The van der Waals surface area contributed by atoms with Crippen LogP contribution >= 0.6 is 11.6 Å². The van der Waals surface area contributed by atoms with Crippen LogP contribution in [0, 0.1) is 13.8 Å². The highest BCUT2D eigenvalue weighted by molar-refractivity contribution is 6.31. The molecule has 0 aliphatic rings. The lowest BCUT2D eigenvalue weighted by atomic mass is 10.0. The van der Waals surface area contributed by atoms with E-state index in [-0.39, 0.29) is 12.1 Å². The fourth-order valence-electron chi connectivity index (χ4n) is 2.64. The van der Waals surface area contributed by atoms with Crippen molar-refractivity contribution in [2.75, 3.05) is 6.54 Å². The molecule has 5 heteroatoms. The van der Waals surface area contributed by atoms with Gasteiger partial charge in [-0.3, -0.25) is 9.67 Å². The minimum Gasteiger partial charge on any atom is -0.305 e. The Bertz CT molecular complexity index is 598. The Morgan fingerprint density at radius 2 is 1.86 bits per heavy atom. The molecule has 1 N–H and O–H groups in total. The van der Waals surface area contributed by atoms with Crippen molar-refractivity contribution in [3.63, 3.8) is 0 Å². The van der Waals surface area contributed by atoms with Crippen LogP contribution in [0.25, 0.3) is 0 Å². The molecule has 0 fully saturated rings. The average molecular weight is 307 g/mol. The molecular formula is C16H23ClN4. The maximum absolute atomic E-state index is 6.41. The minimum atomic E-state index is 0.0211. The van der Waals surface area contributed by atoms with Gasteiger partial charge in [0.05, 0.1) is 23.0 Å². The number of nitrogens with one attached hydrogen (secondary N) is 1. The third kappa shape index (κ3) is 3.44. The van der Waals surface area contributed by atoms with Crippen molar-refractivity contribution < 1.29 is 0 Å². The molecular weight excluding hydrogens is 284 g/mol. The SMILES string of the molecule is CCNC(c1cc(C)nc(C)c1)c1c(Cl)cnn1C(C)C. The van der Waals surface area contributed by atoms with Crippen molar-refractivity contribution in [3.05, 3.63) is 46.0 Å². The van der Waals surface area contributed by atoms with Crippen LogP contribution in [0.5, 0.6) is 0 Å². The standard InChI is InChI=1S/C16H23ClN4/c1-6-18-15(13-7-11(4)20-12(5)8-13)16-14(17)9-19-21(16)10(2)3/h7-10,15,18H,6H2,1-5H3. The molecule has 0 aliphatic carbocycles. The zero-order valence-electron chi connectivity index (χ0n) is 13.3. The molecule has 0 aliphatic heterocycles. The van der Waals surface area contributed by atoms with Crippen molar-refractivity contribution in [1.29, 1.82) is 0 Å². The predicted octanol–water partition coefficient (Wildman–Crippen LogP) is 3.83. The first-order chi connectivity index (χ1) is 9.93. The summed E-state index contributed by atoms with van der Waals surface area (Å²) in [6, 6.07) is 4.49. The summed E-state index contributed by atoms with van der Waals surface area (Å²) >= 11 is 6.41. The lowest BCUT2D eigenvalue weighted by Gasteiger charge is -2.22. The molecule has 0 spiro atoms. The van der Waals surface area contributed by atoms with E-state index in [0.717, 1.165) is 23.6 Å². The van der Waals surface area contributed by atoms with Gasteiger partial charge in [-0.25, -0.2) is 0 Å². The summed E-state index contributed by atoms with van der Waals surface area (Å²) < 4.78 is 1.99. The number of rotatable bonds is 5. The first-order valence-electron chi connectivity index (χ1n) is 7.35. The van der Waals surface area contributed by atoms with Crippen LogP contribution in [0.2, 0.25) is 5.02 Å². The van der Waals surface area contributed by atoms with Crippen molar-refractivity contribution in [1.82, 2.24) is 20.1 Å². The van der Waals surface area contributed by atoms with Gasteiger partial charge in [0, 0.05) is 17.4 Å². The molecule has 2 aromatic heterocycles. The first kappa shape index (κ1) is 16.0. The maximum atomic E-state index is 6.41. The zero-order chi connectivity index (χ0) is 15.6. The minimum absolute atomic E-state index is 0.0211. The highest BCUT2D eigenvalue weighted by atomic mass is 35.5. The highest BCUT2D eigenvalue weighted by Gasteiger charge is 2.23. The number of pyridine rings is 1. The van der Waals surface area contributed by atoms with Gasteiger partial charge in [0.1, 0.15) is 0 Å². The third-order valence-electron chi connectivity index (χ3n) is 3.39. The largest absolute Gasteiger partial charge is 0.305 e. The van der Waals surface area contributed by atoms with E-state index in [2.05, 4.69) is 48.3 Å². The number of aromatic nitrogens is 3. The summed E-state index contributed by atoms with van der Waals surface area (Å²) in [6.07, 6.45) is 1.72. The third-order valence-corrected chi connectivity index (χ3v) is 3.69. The van der Waals surface area contributed by atoms with Crippen LogP contribution in [-0.2, 0) is 0 Å². The van der Waals surface area contributed by atoms with E-state index in [4.69, 9.17) is 11.6 Å². The molecule has 2 aromatic rings. The van der Waals surface area contributed by atoms with Gasteiger partial charge in [0.25, 0.3) is 0 Å². The van der Waals surface area contributed by atoms with E-state index in [0.29, 0.717) is 5.02 Å². The van der Waals surface area contributed by atoms with Crippen molar-refractivity contribution in [3.8, 4) is 0 Å². The molecule has 0 saturated heterocycles. The van der Waals surface area contributed by atoms with Gasteiger partial charge in [-0.2, -0.15) is 5.10 Å². The fourth-order valence-corrected chi connectivity index (χ4v) is 2.88. The Morgan fingerprint density at radius 1 is 1.24 bits per heavy atom. The molecule has 21 heavy (non-hydrogen) atoms. The van der Waals surface area contributed by atoms with Crippen molar-refractivity contribution in [2.45, 2.75) is 46.7 Å². The van der Waals surface area contributed by atoms with E-state index in [1.807, 2.05) is 18.5 Å². The quantitative estimate of drug-likeness (QED) is 0.913. The lowest BCUT2D eigenvalue weighted by molar-refractivity contribution is 0.476. The van der Waals surface area contributed by atoms with E-state index in [9.17, 15) is 0 Å². The van der Waals surface area contributed by atoms with Gasteiger partial charge in [-0.15, -0.1) is 0 Å². The van der Waals surface area contributed by atoms with Crippen LogP contribution in [-0.4, -0.2) is 21.3 Å². The van der Waals surface area contributed by atoms with Gasteiger partial charge in [0.2, 0.25) is 0 Å². The van der Waals surface area contributed by atoms with Crippen LogP contribution in [0.15, 0.2) is 18.3 Å². The molecule has 114 valence electrons. The predicted molar refractivity (Wildman–Crippen MR) is 86.9 cm³/mol. The Labute approximate surface area is 131 Å². The van der Waals surface area contributed by atoms with Crippen LogP contribution in [0.4, 0.5) is 0 Å². The second-order valence-electron chi connectivity index (χ2n) is 5.59. The number of hydrogen-bond acceptors (Lipinski definition) is 3. The Morgan fingerprint density at radius 3 is 2.38 bits per heavy atom. The number of aryl methyl sites for hydroxylation is 2. The molecule has 1 atom stereocenters.